The van der Waals surface area contributed by atoms with Crippen molar-refractivity contribution < 1.29 is 4.79 Å². The molecule has 0 radical (unpaired) electrons. The zero-order valence-electron chi connectivity index (χ0n) is 9.97. The Bertz CT molecular complexity index is 468. The lowest BCUT2D eigenvalue weighted by atomic mass is 10.1. The normalized spacial score (nSPS) is 10.2. The third-order valence-electron chi connectivity index (χ3n) is 2.51. The van der Waals surface area contributed by atoms with Gasteiger partial charge in [0.25, 0.3) is 0 Å². The van der Waals surface area contributed by atoms with E-state index in [0.717, 1.165) is 11.4 Å². The number of hydrogen-bond acceptors (Lipinski definition) is 4. The van der Waals surface area contributed by atoms with E-state index >= 15 is 0 Å². The molecular formula is C12H15N5O. The molecule has 0 spiro atoms. The van der Waals surface area contributed by atoms with Crippen LogP contribution in [0.1, 0.15) is 17.8 Å². The Kier molecular flexibility index (Phi) is 4.40. The van der Waals surface area contributed by atoms with Gasteiger partial charge in [-0.3, -0.25) is 14.9 Å². The molecule has 6 nitrogen and oxygen atoms in total. The SMILES string of the molecule is O=C(CCc1cccnc1)NCCc1ncn[nH]1. The van der Waals surface area contributed by atoms with Crippen LogP contribution in [0.25, 0.3) is 0 Å². The van der Waals surface area contributed by atoms with Crippen LogP contribution in [0, 0.1) is 0 Å². The highest BCUT2D eigenvalue weighted by molar-refractivity contribution is 5.76. The van der Waals surface area contributed by atoms with Gasteiger partial charge in [-0.25, -0.2) is 4.98 Å². The minimum Gasteiger partial charge on any atom is -0.356 e. The van der Waals surface area contributed by atoms with Crippen molar-refractivity contribution in [3.63, 3.8) is 0 Å². The van der Waals surface area contributed by atoms with Crippen molar-refractivity contribution in [1.29, 1.82) is 0 Å². The molecule has 6 heteroatoms. The predicted molar refractivity (Wildman–Crippen MR) is 65.7 cm³/mol. The molecular weight excluding hydrogens is 230 g/mol. The van der Waals surface area contributed by atoms with Gasteiger partial charge in [0.2, 0.25) is 5.91 Å². The first-order valence-electron chi connectivity index (χ1n) is 5.84. The largest absolute Gasteiger partial charge is 0.356 e. The molecule has 0 saturated carbocycles. The maximum Gasteiger partial charge on any atom is 0.220 e. The number of carbonyl (C=O) groups is 1. The summed E-state index contributed by atoms with van der Waals surface area (Å²) in [5.74, 6) is 0.820. The molecule has 2 rings (SSSR count). The summed E-state index contributed by atoms with van der Waals surface area (Å²) in [6, 6.07) is 3.84. The summed E-state index contributed by atoms with van der Waals surface area (Å²) in [7, 11) is 0. The average Bonchev–Trinajstić information content (AvgIpc) is 2.91. The highest BCUT2D eigenvalue weighted by atomic mass is 16.1. The van der Waals surface area contributed by atoms with Crippen LogP contribution in [0.4, 0.5) is 0 Å². The molecule has 0 fully saturated rings. The molecule has 2 aromatic heterocycles. The molecule has 2 heterocycles. The molecule has 0 aliphatic rings. The van der Waals surface area contributed by atoms with Crippen molar-refractivity contribution in [2.75, 3.05) is 6.54 Å². The first kappa shape index (κ1) is 12.2. The Morgan fingerprint density at radius 1 is 1.39 bits per heavy atom. The topological polar surface area (TPSA) is 83.6 Å². The Morgan fingerprint density at radius 2 is 2.33 bits per heavy atom. The third-order valence-corrected chi connectivity index (χ3v) is 2.51. The van der Waals surface area contributed by atoms with Gasteiger partial charge in [0.1, 0.15) is 12.2 Å². The summed E-state index contributed by atoms with van der Waals surface area (Å²) in [5, 5.41) is 9.33. The van der Waals surface area contributed by atoms with Gasteiger partial charge in [0.15, 0.2) is 0 Å². The van der Waals surface area contributed by atoms with Crippen LogP contribution in [0.5, 0.6) is 0 Å². The number of nitrogens with one attached hydrogen (secondary N) is 2. The molecule has 0 unspecified atom stereocenters. The Morgan fingerprint density at radius 3 is 3.06 bits per heavy atom. The lowest BCUT2D eigenvalue weighted by Gasteiger charge is -2.03. The van der Waals surface area contributed by atoms with Crippen LogP contribution in [0.15, 0.2) is 30.9 Å². The van der Waals surface area contributed by atoms with Crippen molar-refractivity contribution in [2.45, 2.75) is 19.3 Å². The zero-order chi connectivity index (χ0) is 12.6. The highest BCUT2D eigenvalue weighted by Gasteiger charge is 2.02. The molecule has 2 aromatic rings. The number of amides is 1. The maximum atomic E-state index is 11.6. The van der Waals surface area contributed by atoms with E-state index in [1.807, 2.05) is 12.1 Å². The number of hydrogen-bond donors (Lipinski definition) is 2. The van der Waals surface area contributed by atoms with Crippen LogP contribution < -0.4 is 5.32 Å². The van der Waals surface area contributed by atoms with Crippen molar-refractivity contribution in [1.82, 2.24) is 25.5 Å². The van der Waals surface area contributed by atoms with Gasteiger partial charge in [0, 0.05) is 31.8 Å². The molecule has 94 valence electrons. The summed E-state index contributed by atoms with van der Waals surface area (Å²) in [6.07, 6.45) is 6.81. The second-order valence-electron chi connectivity index (χ2n) is 3.89. The first-order valence-corrected chi connectivity index (χ1v) is 5.84. The molecule has 0 aliphatic heterocycles. The second-order valence-corrected chi connectivity index (χ2v) is 3.89. The fourth-order valence-electron chi connectivity index (χ4n) is 1.56. The molecule has 2 N–H and O–H groups in total. The van der Waals surface area contributed by atoms with Crippen molar-refractivity contribution in [3.8, 4) is 0 Å². The van der Waals surface area contributed by atoms with Crippen LogP contribution in [-0.4, -0.2) is 32.6 Å². The van der Waals surface area contributed by atoms with Crippen LogP contribution in [0.3, 0.4) is 0 Å². The number of aromatic amines is 1. The number of nitrogens with zero attached hydrogens (tertiary/aromatic N) is 3. The fraction of sp³-hybridized carbons (Fsp3) is 0.333. The van der Waals surface area contributed by atoms with E-state index in [2.05, 4.69) is 25.5 Å². The monoisotopic (exact) mass is 245 g/mol. The summed E-state index contributed by atoms with van der Waals surface area (Å²) >= 11 is 0. The summed E-state index contributed by atoms with van der Waals surface area (Å²) < 4.78 is 0. The van der Waals surface area contributed by atoms with Gasteiger partial charge in [-0.1, -0.05) is 6.07 Å². The Balaban J connectivity index is 1.63. The minimum absolute atomic E-state index is 0.0402. The Hall–Kier alpha value is -2.24. The number of carbonyl (C=O) groups excluding carboxylic acids is 1. The highest BCUT2D eigenvalue weighted by Crippen LogP contribution is 1.99. The third kappa shape index (κ3) is 3.97. The smallest absolute Gasteiger partial charge is 0.220 e. The number of pyridine rings is 1. The number of H-pyrrole nitrogens is 1. The van der Waals surface area contributed by atoms with E-state index in [0.29, 0.717) is 25.8 Å². The molecule has 18 heavy (non-hydrogen) atoms. The zero-order valence-corrected chi connectivity index (χ0v) is 9.97. The standard InChI is InChI=1S/C12H15N5O/c18-12(4-3-10-2-1-6-13-8-10)14-7-5-11-15-9-16-17-11/h1-2,6,8-9H,3-5,7H2,(H,14,18)(H,15,16,17). The van der Waals surface area contributed by atoms with Crippen LogP contribution >= 0.6 is 0 Å². The van der Waals surface area contributed by atoms with Crippen molar-refractivity contribution >= 4 is 5.91 Å². The molecule has 0 atom stereocenters. The van der Waals surface area contributed by atoms with Gasteiger partial charge in [-0.2, -0.15) is 5.10 Å². The first-order chi connectivity index (χ1) is 8.84. The Labute approximate surface area is 105 Å². The average molecular weight is 245 g/mol. The van der Waals surface area contributed by atoms with E-state index in [9.17, 15) is 4.79 Å². The van der Waals surface area contributed by atoms with Crippen LogP contribution in [0.2, 0.25) is 0 Å². The van der Waals surface area contributed by atoms with E-state index in [1.165, 1.54) is 6.33 Å². The molecule has 0 aliphatic carbocycles. The van der Waals surface area contributed by atoms with E-state index in [4.69, 9.17) is 0 Å². The lowest BCUT2D eigenvalue weighted by Crippen LogP contribution is -2.26. The molecule has 0 bridgehead atoms. The van der Waals surface area contributed by atoms with Gasteiger partial charge >= 0.3 is 0 Å². The maximum absolute atomic E-state index is 11.6. The second kappa shape index (κ2) is 6.48. The van der Waals surface area contributed by atoms with Crippen molar-refractivity contribution in [3.05, 3.63) is 42.2 Å². The van der Waals surface area contributed by atoms with Gasteiger partial charge in [-0.15, -0.1) is 0 Å². The van der Waals surface area contributed by atoms with Crippen molar-refractivity contribution in [2.24, 2.45) is 0 Å². The lowest BCUT2D eigenvalue weighted by molar-refractivity contribution is -0.121. The quantitative estimate of drug-likeness (QED) is 0.776. The van der Waals surface area contributed by atoms with E-state index in [-0.39, 0.29) is 5.91 Å². The van der Waals surface area contributed by atoms with Gasteiger partial charge < -0.3 is 5.32 Å². The summed E-state index contributed by atoms with van der Waals surface area (Å²) in [6.45, 7) is 0.571. The number of rotatable bonds is 6. The number of aryl methyl sites for hydroxylation is 1. The summed E-state index contributed by atoms with van der Waals surface area (Å²) in [5.41, 5.74) is 1.07. The van der Waals surface area contributed by atoms with Gasteiger partial charge in [-0.05, 0) is 18.1 Å². The fourth-order valence-corrected chi connectivity index (χ4v) is 1.56. The van der Waals surface area contributed by atoms with E-state index in [1.54, 1.807) is 12.4 Å². The van der Waals surface area contributed by atoms with E-state index < -0.39 is 0 Å². The summed E-state index contributed by atoms with van der Waals surface area (Å²) in [4.78, 5) is 19.6. The number of aromatic nitrogens is 4. The molecule has 0 aromatic carbocycles. The minimum atomic E-state index is 0.0402. The van der Waals surface area contributed by atoms with Crippen LogP contribution in [-0.2, 0) is 17.6 Å². The molecule has 1 amide bonds. The predicted octanol–water partition coefficient (Wildman–Crippen LogP) is 0.491. The van der Waals surface area contributed by atoms with Gasteiger partial charge in [0.05, 0.1) is 0 Å². The molecule has 0 saturated heterocycles.